The van der Waals surface area contributed by atoms with Gasteiger partial charge in [-0.25, -0.2) is 0 Å². The van der Waals surface area contributed by atoms with E-state index in [1.54, 1.807) is 18.9 Å². The molecule has 3 rings (SSSR count). The number of fused-ring (bicyclic) bond motifs is 3. The van der Waals surface area contributed by atoms with Gasteiger partial charge in [0.2, 0.25) is 0 Å². The van der Waals surface area contributed by atoms with Crippen molar-refractivity contribution in [1.82, 2.24) is 0 Å². The van der Waals surface area contributed by atoms with Crippen LogP contribution in [-0.2, 0) is 4.79 Å². The average molecular weight is 592 g/mol. The third-order valence-corrected chi connectivity index (χ3v) is 18.8. The van der Waals surface area contributed by atoms with Gasteiger partial charge in [0.25, 0.3) is 0 Å². The SMILES string of the molecule is CC(C)C1=CC2=CCC3[C@](C)(CCC[C@]3(C)C(=O)[O-])[C@@H]2CC1.CCC[CH2][Sn+]([CH2]CCC)[CH2]CCC. The molecule has 0 amide bonds. The van der Waals surface area contributed by atoms with Crippen LogP contribution < -0.4 is 5.11 Å². The molecule has 0 radical (unpaired) electrons. The second-order valence-electron chi connectivity index (χ2n) is 12.6. The monoisotopic (exact) mass is 592 g/mol. The molecule has 0 saturated heterocycles. The Morgan fingerprint density at radius 3 is 2.09 bits per heavy atom. The molecule has 2 nitrogen and oxygen atoms in total. The number of hydrogen-bond donors (Lipinski definition) is 0. The molecule has 3 heteroatoms. The molecule has 200 valence electrons. The van der Waals surface area contributed by atoms with Gasteiger partial charge in [0.05, 0.1) is 0 Å². The van der Waals surface area contributed by atoms with Gasteiger partial charge in [-0.1, -0.05) is 51.8 Å². The van der Waals surface area contributed by atoms with Gasteiger partial charge in [-0.3, -0.25) is 0 Å². The van der Waals surface area contributed by atoms with Gasteiger partial charge in [-0.05, 0) is 60.8 Å². The summed E-state index contributed by atoms with van der Waals surface area (Å²) < 4.78 is 5.04. The van der Waals surface area contributed by atoms with Crippen molar-refractivity contribution in [2.24, 2.45) is 28.6 Å². The average Bonchev–Trinajstić information content (AvgIpc) is 2.83. The Balaban J connectivity index is 0.000000287. The van der Waals surface area contributed by atoms with E-state index in [1.165, 1.54) is 56.9 Å². The molecular weight excluding hydrogens is 535 g/mol. The second-order valence-corrected chi connectivity index (χ2v) is 21.1. The van der Waals surface area contributed by atoms with Crippen molar-refractivity contribution in [2.75, 3.05) is 0 Å². The number of carboxylic acid groups (broad SMARTS) is 1. The molecule has 4 atom stereocenters. The van der Waals surface area contributed by atoms with Crippen molar-refractivity contribution < 1.29 is 9.90 Å². The molecular formula is C32H56O2Sn. The number of hydrogen-bond acceptors (Lipinski definition) is 2. The molecule has 1 fully saturated rings. The first kappa shape index (κ1) is 31.0. The summed E-state index contributed by atoms with van der Waals surface area (Å²) in [6.07, 6.45) is 19.8. The number of carbonyl (C=O) groups is 1. The van der Waals surface area contributed by atoms with Crippen LogP contribution in [0.15, 0.2) is 23.3 Å². The first-order valence-electron chi connectivity index (χ1n) is 15.1. The van der Waals surface area contributed by atoms with E-state index in [4.69, 9.17) is 0 Å². The van der Waals surface area contributed by atoms with Crippen LogP contribution in [0, 0.1) is 28.6 Å². The molecule has 0 aromatic rings. The van der Waals surface area contributed by atoms with E-state index in [0.717, 1.165) is 25.7 Å². The summed E-state index contributed by atoms with van der Waals surface area (Å²) in [5, 5.41) is 11.8. The van der Waals surface area contributed by atoms with E-state index in [0.29, 0.717) is 11.8 Å². The molecule has 1 unspecified atom stereocenters. The molecule has 0 aliphatic heterocycles. The molecule has 0 bridgehead atoms. The van der Waals surface area contributed by atoms with Gasteiger partial charge in [0, 0.05) is 11.4 Å². The van der Waals surface area contributed by atoms with Crippen LogP contribution in [0.5, 0.6) is 0 Å². The number of unbranched alkanes of at least 4 members (excludes halogenated alkanes) is 3. The maximum absolute atomic E-state index is 11.8. The molecule has 0 aromatic carbocycles. The Labute approximate surface area is 225 Å². The van der Waals surface area contributed by atoms with Gasteiger partial charge < -0.3 is 9.90 Å². The van der Waals surface area contributed by atoms with E-state index in [-0.39, 0.29) is 11.3 Å². The predicted molar refractivity (Wildman–Crippen MR) is 152 cm³/mol. The number of carbonyl (C=O) groups excluding carboxylic acids is 1. The summed E-state index contributed by atoms with van der Waals surface area (Å²) >= 11 is -0.839. The summed E-state index contributed by atoms with van der Waals surface area (Å²) in [5.41, 5.74) is 2.51. The van der Waals surface area contributed by atoms with Gasteiger partial charge in [0.15, 0.2) is 0 Å². The Bertz CT molecular complexity index is 704. The zero-order chi connectivity index (χ0) is 26.1. The summed E-state index contributed by atoms with van der Waals surface area (Å²) in [7, 11) is 0. The van der Waals surface area contributed by atoms with Crippen molar-refractivity contribution in [1.29, 1.82) is 0 Å². The first-order valence-corrected chi connectivity index (χ1v) is 21.1. The Morgan fingerprint density at radius 1 is 1.03 bits per heavy atom. The van der Waals surface area contributed by atoms with Gasteiger partial charge in [-0.2, -0.15) is 0 Å². The first-order chi connectivity index (χ1) is 16.6. The van der Waals surface area contributed by atoms with E-state index >= 15 is 0 Å². The Morgan fingerprint density at radius 2 is 1.60 bits per heavy atom. The topological polar surface area (TPSA) is 40.1 Å². The van der Waals surface area contributed by atoms with Crippen LogP contribution in [0.1, 0.15) is 126 Å². The molecule has 0 aromatic heterocycles. The van der Waals surface area contributed by atoms with E-state index < -0.39 is 31.1 Å². The maximum atomic E-state index is 11.8. The summed E-state index contributed by atoms with van der Waals surface area (Å²) in [6, 6.07) is 0. The fourth-order valence-corrected chi connectivity index (χ4v) is 16.7. The number of allylic oxidation sites excluding steroid dienone is 4. The van der Waals surface area contributed by atoms with E-state index in [1.807, 2.05) is 6.92 Å². The number of rotatable bonds is 11. The molecule has 35 heavy (non-hydrogen) atoms. The minimum atomic E-state index is -0.839. The fraction of sp³-hybridized carbons (Fsp3) is 0.844. The van der Waals surface area contributed by atoms with Gasteiger partial charge in [0.1, 0.15) is 0 Å². The van der Waals surface area contributed by atoms with Crippen LogP contribution in [0.4, 0.5) is 0 Å². The summed E-state index contributed by atoms with van der Waals surface area (Å²) in [6.45, 7) is 15.8. The zero-order valence-corrected chi connectivity index (χ0v) is 27.2. The van der Waals surface area contributed by atoms with Crippen LogP contribution in [0.3, 0.4) is 0 Å². The minimum absolute atomic E-state index is 0.121. The zero-order valence-electron chi connectivity index (χ0n) is 24.3. The standard InChI is InChI=1S/C20H30O2.3C4H9.Sn/c1-13(2)14-6-8-16-15(12-14)7-9-17-19(16,3)10-5-11-20(17,4)18(21)22;3*1-3-4-2;/h7,12-13,16-17H,5-6,8-11H2,1-4H3,(H,21,22);3*1,3-4H2,2H3;/q;;;;+1/p-1/t16-,17?,19-,20+;;;;/m1..../s1. The Kier molecular flexibility index (Phi) is 12.9. The number of aliphatic carboxylic acids is 1. The van der Waals surface area contributed by atoms with Crippen molar-refractivity contribution in [3.05, 3.63) is 23.3 Å². The van der Waals surface area contributed by atoms with E-state index in [2.05, 4.69) is 53.7 Å². The van der Waals surface area contributed by atoms with Crippen LogP contribution in [0.2, 0.25) is 13.3 Å². The second kappa shape index (κ2) is 14.6. The van der Waals surface area contributed by atoms with Crippen molar-refractivity contribution in [3.8, 4) is 0 Å². The normalized spacial score (nSPS) is 29.8. The summed E-state index contributed by atoms with van der Waals surface area (Å²) in [4.78, 5) is 11.8. The Hall–Kier alpha value is -0.251. The molecule has 0 spiro atoms. The van der Waals surface area contributed by atoms with Crippen molar-refractivity contribution in [2.45, 2.75) is 139 Å². The summed E-state index contributed by atoms with van der Waals surface area (Å²) in [5.74, 6) is 0.538. The number of carboxylic acids is 1. The molecule has 3 aliphatic rings. The molecule has 1 saturated carbocycles. The van der Waals surface area contributed by atoms with Gasteiger partial charge >= 0.3 is 92.4 Å². The van der Waals surface area contributed by atoms with Crippen LogP contribution >= 0.6 is 0 Å². The van der Waals surface area contributed by atoms with E-state index in [9.17, 15) is 9.90 Å². The fourth-order valence-electron chi connectivity index (χ4n) is 7.24. The van der Waals surface area contributed by atoms with Crippen molar-refractivity contribution >= 4 is 25.7 Å². The molecule has 0 heterocycles. The van der Waals surface area contributed by atoms with Gasteiger partial charge in [-0.15, -0.1) is 0 Å². The van der Waals surface area contributed by atoms with Crippen LogP contribution in [-0.4, -0.2) is 25.7 Å². The molecule has 3 aliphatic carbocycles. The molecule has 0 N–H and O–H groups in total. The predicted octanol–water partition coefficient (Wildman–Crippen LogP) is 8.75. The van der Waals surface area contributed by atoms with Crippen LogP contribution in [0.25, 0.3) is 0 Å². The third-order valence-electron chi connectivity index (χ3n) is 9.70. The third kappa shape index (κ3) is 7.87. The van der Waals surface area contributed by atoms with Crippen molar-refractivity contribution in [3.63, 3.8) is 0 Å². The quantitative estimate of drug-likeness (QED) is 0.226.